The smallest absolute Gasteiger partial charge is 0.267 e. The number of hydrogen-bond donors (Lipinski definition) is 2. The Hall–Kier alpha value is -2.40. The number of carbonyl (C=O) groups is 1. The van der Waals surface area contributed by atoms with Gasteiger partial charge in [0.25, 0.3) is 5.91 Å². The molecule has 0 bridgehead atoms. The first-order valence-corrected chi connectivity index (χ1v) is 11.9. The fourth-order valence-corrected chi connectivity index (χ4v) is 5.04. The maximum atomic E-state index is 12.5. The summed E-state index contributed by atoms with van der Waals surface area (Å²) in [6.07, 6.45) is 2.20. The Morgan fingerprint density at radius 3 is 2.74 bits per heavy atom. The molecule has 0 spiro atoms. The summed E-state index contributed by atoms with van der Waals surface area (Å²) < 4.78 is 0. The van der Waals surface area contributed by atoms with Crippen molar-refractivity contribution in [3.63, 3.8) is 0 Å². The summed E-state index contributed by atoms with van der Waals surface area (Å²) >= 11 is 3.00. The molecule has 1 aliphatic rings. The van der Waals surface area contributed by atoms with E-state index in [-0.39, 0.29) is 12.5 Å². The molecule has 31 heavy (non-hydrogen) atoms. The molecule has 0 radical (unpaired) electrons. The van der Waals surface area contributed by atoms with Crippen LogP contribution in [0.5, 0.6) is 0 Å². The van der Waals surface area contributed by atoms with Crippen molar-refractivity contribution >= 4 is 40.1 Å². The second kappa shape index (κ2) is 9.82. The lowest BCUT2D eigenvalue weighted by Gasteiger charge is -2.35. The molecule has 3 aromatic rings. The number of aromatic nitrogens is 3. The largest absolute Gasteiger partial charge is 0.395 e. The van der Waals surface area contributed by atoms with Gasteiger partial charge in [-0.15, -0.1) is 22.7 Å². The van der Waals surface area contributed by atoms with Crippen LogP contribution in [0.1, 0.15) is 31.1 Å². The molecule has 1 saturated heterocycles. The zero-order chi connectivity index (χ0) is 21.8. The van der Waals surface area contributed by atoms with Crippen LogP contribution >= 0.6 is 22.7 Å². The van der Waals surface area contributed by atoms with Gasteiger partial charge in [0.2, 0.25) is 0 Å². The predicted octanol–water partition coefficient (Wildman–Crippen LogP) is 2.57. The minimum Gasteiger partial charge on any atom is -0.395 e. The molecule has 0 aliphatic carbocycles. The Kier molecular flexibility index (Phi) is 6.91. The molecule has 4 rings (SSSR count). The minimum absolute atomic E-state index is 0.134. The fourth-order valence-electron chi connectivity index (χ4n) is 3.56. The number of amides is 1. The summed E-state index contributed by atoms with van der Waals surface area (Å²) in [6.45, 7) is 8.37. The van der Waals surface area contributed by atoms with Crippen LogP contribution in [0.25, 0.3) is 0 Å². The predicted molar refractivity (Wildman–Crippen MR) is 124 cm³/mol. The van der Waals surface area contributed by atoms with Crippen molar-refractivity contribution in [1.82, 2.24) is 19.9 Å². The molecule has 1 fully saturated rings. The molecule has 4 heterocycles. The second-order valence-electron chi connectivity index (χ2n) is 7.46. The number of aliphatic hydroxyl groups is 1. The first-order valence-electron chi connectivity index (χ1n) is 10.2. The Labute approximate surface area is 189 Å². The summed E-state index contributed by atoms with van der Waals surface area (Å²) in [5.41, 5.74) is 1.75. The van der Waals surface area contributed by atoms with Crippen LogP contribution in [-0.2, 0) is 6.42 Å². The summed E-state index contributed by atoms with van der Waals surface area (Å²) in [7, 11) is 0. The number of aliphatic hydroxyl groups excluding tert-OH is 1. The number of aryl methyl sites for hydroxylation is 2. The van der Waals surface area contributed by atoms with E-state index in [1.807, 2.05) is 31.4 Å². The van der Waals surface area contributed by atoms with Gasteiger partial charge in [-0.3, -0.25) is 9.69 Å². The fraction of sp³-hybridized carbons (Fsp3) is 0.429. The molecular weight excluding hydrogens is 432 g/mol. The third-order valence-electron chi connectivity index (χ3n) is 5.21. The van der Waals surface area contributed by atoms with Crippen molar-refractivity contribution < 1.29 is 9.90 Å². The molecule has 0 saturated carbocycles. The van der Waals surface area contributed by atoms with E-state index in [1.54, 1.807) is 17.5 Å². The molecule has 3 aromatic heterocycles. The molecular formula is C21H26N6O2S2. The van der Waals surface area contributed by atoms with E-state index in [0.29, 0.717) is 17.8 Å². The Morgan fingerprint density at radius 1 is 1.23 bits per heavy atom. The van der Waals surface area contributed by atoms with E-state index in [0.717, 1.165) is 59.1 Å². The number of anilines is 2. The Bertz CT molecular complexity index is 1040. The highest BCUT2D eigenvalue weighted by atomic mass is 32.1. The van der Waals surface area contributed by atoms with E-state index < -0.39 is 0 Å². The summed E-state index contributed by atoms with van der Waals surface area (Å²) in [6, 6.07) is 3.93. The van der Waals surface area contributed by atoms with Crippen LogP contribution in [0.3, 0.4) is 0 Å². The van der Waals surface area contributed by atoms with Crippen LogP contribution in [0.2, 0.25) is 0 Å². The van der Waals surface area contributed by atoms with Gasteiger partial charge in [-0.1, -0.05) is 0 Å². The molecule has 0 unspecified atom stereocenters. The van der Waals surface area contributed by atoms with Crippen molar-refractivity contribution in [2.45, 2.75) is 20.3 Å². The standard InChI is InChI=1S/C21H26N6O2S2/c1-14-17(3-10-30-14)25-21(29)18-13-22-20(31-18)12-16-11-19(24-15(2)23-16)27-6-4-26(5-7-27)8-9-28/h3,10-11,13,28H,4-9,12H2,1-2H3,(H,25,29). The molecule has 1 amide bonds. The minimum atomic E-state index is -0.134. The zero-order valence-electron chi connectivity index (χ0n) is 17.7. The van der Waals surface area contributed by atoms with Crippen molar-refractivity contribution in [1.29, 1.82) is 0 Å². The van der Waals surface area contributed by atoms with Crippen LogP contribution in [0, 0.1) is 13.8 Å². The molecule has 164 valence electrons. The van der Waals surface area contributed by atoms with Gasteiger partial charge < -0.3 is 15.3 Å². The Balaban J connectivity index is 1.42. The van der Waals surface area contributed by atoms with Gasteiger partial charge in [0.1, 0.15) is 16.5 Å². The number of nitrogens with zero attached hydrogens (tertiary/aromatic N) is 5. The van der Waals surface area contributed by atoms with Crippen molar-refractivity contribution in [3.8, 4) is 0 Å². The van der Waals surface area contributed by atoms with Gasteiger partial charge >= 0.3 is 0 Å². The summed E-state index contributed by atoms with van der Waals surface area (Å²) in [5.74, 6) is 1.52. The van der Waals surface area contributed by atoms with Crippen molar-refractivity contribution in [3.05, 3.63) is 50.0 Å². The highest BCUT2D eigenvalue weighted by Gasteiger charge is 2.19. The van der Waals surface area contributed by atoms with E-state index in [1.165, 1.54) is 11.3 Å². The van der Waals surface area contributed by atoms with Gasteiger partial charge in [0.05, 0.1) is 29.2 Å². The first kappa shape index (κ1) is 21.8. The SMILES string of the molecule is Cc1nc(Cc2ncc(C(=O)Nc3ccsc3C)s2)cc(N2CCN(CCO)CC2)n1. The van der Waals surface area contributed by atoms with Gasteiger partial charge in [-0.2, -0.15) is 0 Å². The number of piperazine rings is 1. The number of thiazole rings is 1. The number of nitrogens with one attached hydrogen (secondary N) is 1. The third-order valence-corrected chi connectivity index (χ3v) is 7.05. The molecule has 2 N–H and O–H groups in total. The van der Waals surface area contributed by atoms with E-state index in [2.05, 4.69) is 30.1 Å². The summed E-state index contributed by atoms with van der Waals surface area (Å²) in [4.78, 5) is 32.4. The van der Waals surface area contributed by atoms with Gasteiger partial charge in [0, 0.05) is 50.1 Å². The number of hydrogen-bond acceptors (Lipinski definition) is 9. The topological polar surface area (TPSA) is 94.5 Å². The van der Waals surface area contributed by atoms with E-state index >= 15 is 0 Å². The second-order valence-corrected chi connectivity index (χ2v) is 9.69. The van der Waals surface area contributed by atoms with Crippen LogP contribution in [0.15, 0.2) is 23.7 Å². The number of β-amino-alcohol motifs (C(OH)–C–C–N with tert-alkyl or cyclic N) is 1. The zero-order valence-corrected chi connectivity index (χ0v) is 19.3. The van der Waals surface area contributed by atoms with Gasteiger partial charge in [0.15, 0.2) is 0 Å². The number of thiophene rings is 1. The molecule has 1 aliphatic heterocycles. The first-order chi connectivity index (χ1) is 15.0. The highest BCUT2D eigenvalue weighted by Crippen LogP contribution is 2.24. The average Bonchev–Trinajstić information content (AvgIpc) is 3.37. The van der Waals surface area contributed by atoms with Gasteiger partial charge in [-0.05, 0) is 25.3 Å². The summed E-state index contributed by atoms with van der Waals surface area (Å²) in [5, 5.41) is 14.9. The number of rotatable bonds is 7. The molecule has 10 heteroatoms. The van der Waals surface area contributed by atoms with Crippen molar-refractivity contribution in [2.24, 2.45) is 0 Å². The van der Waals surface area contributed by atoms with Crippen LogP contribution in [-0.4, -0.2) is 70.2 Å². The maximum absolute atomic E-state index is 12.5. The van der Waals surface area contributed by atoms with Crippen LogP contribution < -0.4 is 10.2 Å². The Morgan fingerprint density at radius 2 is 2.03 bits per heavy atom. The molecule has 0 aromatic carbocycles. The average molecular weight is 459 g/mol. The lowest BCUT2D eigenvalue weighted by atomic mass is 10.2. The third kappa shape index (κ3) is 5.45. The lowest BCUT2D eigenvalue weighted by Crippen LogP contribution is -2.47. The van der Waals surface area contributed by atoms with E-state index in [4.69, 9.17) is 5.11 Å². The van der Waals surface area contributed by atoms with E-state index in [9.17, 15) is 4.79 Å². The van der Waals surface area contributed by atoms with Crippen molar-refractivity contribution in [2.75, 3.05) is 49.5 Å². The number of carbonyl (C=O) groups excluding carboxylic acids is 1. The van der Waals surface area contributed by atoms with Crippen LogP contribution in [0.4, 0.5) is 11.5 Å². The normalized spacial score (nSPS) is 14.7. The lowest BCUT2D eigenvalue weighted by molar-refractivity contribution is 0.103. The molecule has 0 atom stereocenters. The monoisotopic (exact) mass is 458 g/mol. The molecule has 8 nitrogen and oxygen atoms in total. The van der Waals surface area contributed by atoms with Gasteiger partial charge in [-0.25, -0.2) is 15.0 Å². The highest BCUT2D eigenvalue weighted by molar-refractivity contribution is 7.13. The quantitative estimate of drug-likeness (QED) is 0.562. The maximum Gasteiger partial charge on any atom is 0.267 e.